The summed E-state index contributed by atoms with van der Waals surface area (Å²) in [5.41, 5.74) is 1.90. The summed E-state index contributed by atoms with van der Waals surface area (Å²) in [6.07, 6.45) is 13.5. The molecule has 4 fully saturated rings. The molecule has 6 aliphatic heterocycles. The van der Waals surface area contributed by atoms with E-state index in [1.54, 1.807) is 13.3 Å². The Morgan fingerprint density at radius 1 is 0.969 bits per heavy atom. The fraction of sp³-hybridized carbons (Fsp3) is 0.569. The number of hydrogen-bond donors (Lipinski definition) is 2. The van der Waals surface area contributed by atoms with Gasteiger partial charge in [-0.1, -0.05) is 61.2 Å². The molecule has 1 aromatic carbocycles. The number of pyridine rings is 1. The van der Waals surface area contributed by atoms with E-state index in [1.165, 1.54) is 21.1 Å². The number of carbonyl (C=O) groups is 3. The number of likely N-dealkylation sites (N-methyl/N-ethyl adjacent to an activating group) is 1. The van der Waals surface area contributed by atoms with Gasteiger partial charge in [-0.3, -0.25) is 24.4 Å². The van der Waals surface area contributed by atoms with E-state index in [0.29, 0.717) is 65.4 Å². The Morgan fingerprint density at radius 3 is 2.46 bits per heavy atom. The van der Waals surface area contributed by atoms with E-state index in [9.17, 15) is 19.8 Å². The van der Waals surface area contributed by atoms with E-state index in [1.807, 2.05) is 38.1 Å². The van der Waals surface area contributed by atoms with E-state index in [2.05, 4.69) is 63.4 Å². The Labute approximate surface area is 382 Å². The number of aromatic nitrogens is 1. The van der Waals surface area contributed by atoms with Gasteiger partial charge in [-0.25, -0.2) is 4.79 Å². The van der Waals surface area contributed by atoms with E-state index >= 15 is 4.79 Å². The van der Waals surface area contributed by atoms with Crippen molar-refractivity contribution in [1.82, 2.24) is 19.7 Å². The van der Waals surface area contributed by atoms with E-state index in [0.717, 1.165) is 57.6 Å². The molecule has 1 aromatic heterocycles. The van der Waals surface area contributed by atoms with E-state index in [-0.39, 0.29) is 17.9 Å². The summed E-state index contributed by atoms with van der Waals surface area (Å²) in [4.78, 5) is 54.5. The fourth-order valence-electron chi connectivity index (χ4n) is 15.1. The second-order valence-electron chi connectivity index (χ2n) is 20.3. The van der Waals surface area contributed by atoms with Crippen LogP contribution in [0.25, 0.3) is 16.7 Å². The van der Waals surface area contributed by atoms with E-state index in [4.69, 9.17) is 18.9 Å². The fourth-order valence-corrected chi connectivity index (χ4v) is 15.1. The maximum atomic E-state index is 15.7. The number of piperidine rings is 1. The molecule has 344 valence electrons. The molecule has 13 nitrogen and oxygen atoms in total. The largest absolute Gasteiger partial charge is 0.468 e. The van der Waals surface area contributed by atoms with Crippen molar-refractivity contribution in [2.75, 3.05) is 61.1 Å². The number of carbonyl (C=O) groups excluding carboxylic acids is 3. The molecule has 10 rings (SSSR count). The first-order valence-corrected chi connectivity index (χ1v) is 23.6. The number of methoxy groups -OCH3 is 3. The quantitative estimate of drug-likeness (QED) is 0.172. The topological polar surface area (TPSA) is 151 Å². The number of esters is 3. The minimum absolute atomic E-state index is 0.0606. The summed E-state index contributed by atoms with van der Waals surface area (Å²) < 4.78 is 24.4. The number of likely N-dealkylation sites (tertiary alicyclic amines) is 1. The van der Waals surface area contributed by atoms with Crippen LogP contribution in [-0.4, -0.2) is 152 Å². The van der Waals surface area contributed by atoms with Crippen molar-refractivity contribution in [3.63, 3.8) is 0 Å². The number of rotatable bonds is 8. The second-order valence-corrected chi connectivity index (χ2v) is 20.3. The zero-order valence-corrected chi connectivity index (χ0v) is 38.8. The molecular weight excluding hydrogens is 823 g/mol. The van der Waals surface area contributed by atoms with Gasteiger partial charge in [-0.15, -0.1) is 0 Å². The number of hydrogen-bond acceptors (Lipinski definition) is 13. The van der Waals surface area contributed by atoms with Gasteiger partial charge in [0, 0.05) is 93.7 Å². The SMILES string of the molecule is CC[C@]1(O)C[C@H]2CN(CCC3=C(Bc4ccc(-c5cccnc5)cc43)[C@@](C(=O)OC)(C3C=C4C(=CC3OC)N(C)[C@H]3[C@@](O)(C(=O)OC)[C@H](OC(C)=O)[C@]5(CC)C=CCN6CC[C@]43[C@@H]65)C2)C1. The summed E-state index contributed by atoms with van der Waals surface area (Å²) >= 11 is 0. The van der Waals surface area contributed by atoms with Crippen LogP contribution >= 0.6 is 0 Å². The molecule has 0 amide bonds. The Kier molecular flexibility index (Phi) is 10.7. The van der Waals surface area contributed by atoms with Crippen LogP contribution in [0.1, 0.15) is 64.9 Å². The van der Waals surface area contributed by atoms with Crippen molar-refractivity contribution in [1.29, 1.82) is 0 Å². The van der Waals surface area contributed by atoms with E-state index < -0.39 is 63.6 Å². The van der Waals surface area contributed by atoms with Crippen molar-refractivity contribution in [3.05, 3.63) is 89.3 Å². The Bertz CT molecular complexity index is 2440. The Balaban J connectivity index is 1.23. The Morgan fingerprint density at radius 2 is 1.77 bits per heavy atom. The van der Waals surface area contributed by atoms with Crippen LogP contribution in [0.5, 0.6) is 0 Å². The lowest BCUT2D eigenvalue weighted by Crippen LogP contribution is -2.79. The highest BCUT2D eigenvalue weighted by atomic mass is 16.6. The number of nitrogens with zero attached hydrogens (tertiary/aromatic N) is 4. The number of fused-ring (bicyclic) bond motifs is 5. The normalized spacial score (nSPS) is 38.9. The summed E-state index contributed by atoms with van der Waals surface area (Å²) in [5.74, 6) is -2.45. The maximum absolute atomic E-state index is 15.7. The number of benzene rings is 1. The van der Waals surface area contributed by atoms with Crippen LogP contribution in [0.4, 0.5) is 0 Å². The second kappa shape index (κ2) is 15.8. The third-order valence-electron chi connectivity index (χ3n) is 17.5. The van der Waals surface area contributed by atoms with Crippen LogP contribution < -0.4 is 5.46 Å². The lowest BCUT2D eigenvalue weighted by molar-refractivity contribution is -0.243. The van der Waals surface area contributed by atoms with Crippen molar-refractivity contribution in [2.24, 2.45) is 28.1 Å². The zero-order chi connectivity index (χ0) is 45.8. The molecule has 7 heterocycles. The van der Waals surface area contributed by atoms with Crippen LogP contribution in [-0.2, 0) is 33.3 Å². The molecule has 2 aromatic rings. The molecule has 65 heavy (non-hydrogen) atoms. The standard InChI is InChI=1S/C51H63BN4O9/c1-8-47(60)25-31-26-50(45(58)63-6,41-34(15-20-55(28-31)29-47)35-22-32(13-14-38(35)52-41)33-12-10-18-53-27-33)37-23-36-39(24-40(37)62-5)54(4)43-49(36)17-21-56-19-11-16-48(9-2,42(49)56)44(65-30(3)57)51(43,61)46(59)64-7/h10-14,16,18,22-24,27,31,37,40,42-44,52,60-61H,8-9,15,17,19-21,25-26,28-29H2,1-7H3/t31-,37?,40?,42+,43-,44-,47+,48-,49-,50+,51+/m1/s1. The number of ether oxygens (including phenoxy) is 4. The summed E-state index contributed by atoms with van der Waals surface area (Å²) in [5, 5.41) is 25.6. The molecule has 1 saturated carbocycles. The monoisotopic (exact) mass is 886 g/mol. The lowest BCUT2D eigenvalue weighted by Gasteiger charge is -2.63. The average molecular weight is 887 g/mol. The van der Waals surface area contributed by atoms with Gasteiger partial charge >= 0.3 is 17.9 Å². The first kappa shape index (κ1) is 44.3. The van der Waals surface area contributed by atoms with Crippen molar-refractivity contribution in [3.8, 4) is 11.1 Å². The highest BCUT2D eigenvalue weighted by molar-refractivity contribution is 6.67. The molecule has 8 aliphatic rings. The molecule has 2 bridgehead atoms. The van der Waals surface area contributed by atoms with Crippen molar-refractivity contribution in [2.45, 2.75) is 94.8 Å². The van der Waals surface area contributed by atoms with Gasteiger partial charge in [-0.05, 0) is 91.5 Å². The summed E-state index contributed by atoms with van der Waals surface area (Å²) in [7, 11) is 6.88. The molecule has 12 atom stereocenters. The molecule has 0 radical (unpaired) electrons. The highest BCUT2D eigenvalue weighted by Gasteiger charge is 2.81. The molecule has 2 aliphatic carbocycles. The van der Waals surface area contributed by atoms with Gasteiger partial charge < -0.3 is 34.1 Å². The van der Waals surface area contributed by atoms with Gasteiger partial charge in [-0.2, -0.15) is 0 Å². The van der Waals surface area contributed by atoms with Gasteiger partial charge in [0.2, 0.25) is 5.60 Å². The molecular formula is C51H63BN4O9. The van der Waals surface area contributed by atoms with Crippen molar-refractivity contribution >= 4 is 36.2 Å². The van der Waals surface area contributed by atoms with Gasteiger partial charge in [0.15, 0.2) is 13.4 Å². The van der Waals surface area contributed by atoms with Crippen LogP contribution in [0.3, 0.4) is 0 Å². The minimum Gasteiger partial charge on any atom is -0.468 e. The Hall–Kier alpha value is -4.60. The number of allylic oxidation sites excluding steroid dienone is 1. The molecule has 3 unspecified atom stereocenters. The zero-order valence-electron chi connectivity index (χ0n) is 38.8. The average Bonchev–Trinajstić information content (AvgIpc) is 3.97. The van der Waals surface area contributed by atoms with Gasteiger partial charge in [0.05, 0.1) is 37.4 Å². The minimum atomic E-state index is -2.29. The van der Waals surface area contributed by atoms with Crippen LogP contribution in [0.2, 0.25) is 0 Å². The summed E-state index contributed by atoms with van der Waals surface area (Å²) in [6, 6.07) is 9.40. The van der Waals surface area contributed by atoms with Gasteiger partial charge in [0.1, 0.15) is 0 Å². The summed E-state index contributed by atoms with van der Waals surface area (Å²) in [6.45, 7) is 8.74. The van der Waals surface area contributed by atoms with Gasteiger partial charge in [0.25, 0.3) is 0 Å². The van der Waals surface area contributed by atoms with Crippen LogP contribution in [0, 0.1) is 28.1 Å². The molecule has 2 N–H and O–H groups in total. The first-order chi connectivity index (χ1) is 31.2. The number of aliphatic hydroxyl groups is 2. The third-order valence-corrected chi connectivity index (χ3v) is 17.5. The highest BCUT2D eigenvalue weighted by Crippen LogP contribution is 2.70. The molecule has 14 heteroatoms. The first-order valence-electron chi connectivity index (χ1n) is 23.6. The smallest absolute Gasteiger partial charge is 0.344 e. The molecule has 1 spiro atoms. The third kappa shape index (κ3) is 6.08. The maximum Gasteiger partial charge on any atom is 0.344 e. The molecule has 3 saturated heterocycles. The predicted molar refractivity (Wildman–Crippen MR) is 246 cm³/mol. The van der Waals surface area contributed by atoms with Crippen molar-refractivity contribution < 1.29 is 43.5 Å². The lowest BCUT2D eigenvalue weighted by atomic mass is 9.46. The predicted octanol–water partition coefficient (Wildman–Crippen LogP) is 3.60. The van der Waals surface area contributed by atoms with Crippen LogP contribution in [0.15, 0.2) is 83.8 Å².